The van der Waals surface area contributed by atoms with Gasteiger partial charge in [0, 0.05) is 12.0 Å². The zero-order chi connectivity index (χ0) is 14.7. The molecule has 5 nitrogen and oxygen atoms in total. The van der Waals surface area contributed by atoms with Crippen LogP contribution in [-0.4, -0.2) is 16.7 Å². The fourth-order valence-corrected chi connectivity index (χ4v) is 2.25. The molecular formula is C16H21N3O2. The summed E-state index contributed by atoms with van der Waals surface area (Å²) in [5.74, 6) is 2.67. The van der Waals surface area contributed by atoms with Crippen molar-refractivity contribution in [1.82, 2.24) is 15.5 Å². The fraction of sp³-hybridized carbons (Fsp3) is 0.500. The van der Waals surface area contributed by atoms with E-state index in [0.717, 1.165) is 31.0 Å². The average molecular weight is 287 g/mol. The SMILES string of the molecule is CCNC(C)c1ccc(OCc2noc(C3CC3)n2)cc1. The first-order chi connectivity index (χ1) is 10.3. The van der Waals surface area contributed by atoms with E-state index in [1.807, 2.05) is 12.1 Å². The highest BCUT2D eigenvalue weighted by atomic mass is 16.5. The molecule has 0 amide bonds. The molecule has 0 radical (unpaired) electrons. The summed E-state index contributed by atoms with van der Waals surface area (Å²) in [5, 5.41) is 7.33. The Morgan fingerprint density at radius 1 is 1.33 bits per heavy atom. The second-order valence-corrected chi connectivity index (χ2v) is 5.46. The normalized spacial score (nSPS) is 15.9. The van der Waals surface area contributed by atoms with Crippen LogP contribution < -0.4 is 10.1 Å². The summed E-state index contributed by atoms with van der Waals surface area (Å²) in [4.78, 5) is 4.34. The van der Waals surface area contributed by atoms with Gasteiger partial charge in [-0.05, 0) is 44.0 Å². The molecule has 1 aromatic heterocycles. The molecule has 1 aliphatic carbocycles. The Hall–Kier alpha value is -1.88. The van der Waals surface area contributed by atoms with E-state index in [9.17, 15) is 0 Å². The molecule has 0 saturated heterocycles. The van der Waals surface area contributed by atoms with Gasteiger partial charge in [-0.15, -0.1) is 0 Å². The minimum absolute atomic E-state index is 0.346. The Morgan fingerprint density at radius 3 is 2.76 bits per heavy atom. The minimum Gasteiger partial charge on any atom is -0.485 e. The van der Waals surface area contributed by atoms with Gasteiger partial charge in [0.05, 0.1) is 0 Å². The zero-order valence-electron chi connectivity index (χ0n) is 12.5. The van der Waals surface area contributed by atoms with Gasteiger partial charge in [-0.3, -0.25) is 0 Å². The standard InChI is InChI=1S/C16H21N3O2/c1-3-17-11(2)12-6-8-14(9-7-12)20-10-15-18-16(21-19-15)13-4-5-13/h6-9,11,13,17H,3-5,10H2,1-2H3. The first-order valence-electron chi connectivity index (χ1n) is 7.55. The van der Waals surface area contributed by atoms with Crippen molar-refractivity contribution in [1.29, 1.82) is 0 Å². The van der Waals surface area contributed by atoms with E-state index in [4.69, 9.17) is 9.26 Å². The summed E-state index contributed by atoms with van der Waals surface area (Å²) in [6.45, 7) is 5.56. The van der Waals surface area contributed by atoms with Gasteiger partial charge in [0.1, 0.15) is 5.75 Å². The van der Waals surface area contributed by atoms with Crippen molar-refractivity contribution >= 4 is 0 Å². The van der Waals surface area contributed by atoms with Gasteiger partial charge in [-0.25, -0.2) is 0 Å². The lowest BCUT2D eigenvalue weighted by molar-refractivity contribution is 0.285. The number of hydrogen-bond acceptors (Lipinski definition) is 5. The zero-order valence-corrected chi connectivity index (χ0v) is 12.5. The van der Waals surface area contributed by atoms with Crippen LogP contribution in [0.15, 0.2) is 28.8 Å². The van der Waals surface area contributed by atoms with Crippen molar-refractivity contribution in [3.05, 3.63) is 41.5 Å². The third-order valence-corrected chi connectivity index (χ3v) is 3.67. The summed E-state index contributed by atoms with van der Waals surface area (Å²) in [5.41, 5.74) is 1.25. The molecule has 1 atom stereocenters. The van der Waals surface area contributed by atoms with Crippen LogP contribution in [-0.2, 0) is 6.61 Å². The Bertz CT molecular complexity index is 575. The number of ether oxygens (including phenoxy) is 1. The van der Waals surface area contributed by atoms with Crippen molar-refractivity contribution in [3.63, 3.8) is 0 Å². The lowest BCUT2D eigenvalue weighted by Crippen LogP contribution is -2.17. The van der Waals surface area contributed by atoms with Crippen LogP contribution in [0, 0.1) is 0 Å². The molecule has 112 valence electrons. The second kappa shape index (κ2) is 6.26. The van der Waals surface area contributed by atoms with Gasteiger partial charge in [0.15, 0.2) is 6.61 Å². The van der Waals surface area contributed by atoms with Crippen LogP contribution in [0.25, 0.3) is 0 Å². The lowest BCUT2D eigenvalue weighted by atomic mass is 10.1. The molecule has 0 bridgehead atoms. The van der Waals surface area contributed by atoms with E-state index in [-0.39, 0.29) is 0 Å². The third-order valence-electron chi connectivity index (χ3n) is 3.67. The summed E-state index contributed by atoms with van der Waals surface area (Å²) in [6, 6.07) is 8.46. The summed E-state index contributed by atoms with van der Waals surface area (Å²) in [7, 11) is 0. The number of benzene rings is 1. The van der Waals surface area contributed by atoms with Crippen LogP contribution >= 0.6 is 0 Å². The molecule has 1 heterocycles. The minimum atomic E-state index is 0.346. The van der Waals surface area contributed by atoms with Gasteiger partial charge in [0.2, 0.25) is 11.7 Å². The van der Waals surface area contributed by atoms with Crippen LogP contribution in [0.3, 0.4) is 0 Å². The van der Waals surface area contributed by atoms with Crippen molar-refractivity contribution < 1.29 is 9.26 Å². The van der Waals surface area contributed by atoms with Crippen molar-refractivity contribution in [2.24, 2.45) is 0 Å². The lowest BCUT2D eigenvalue weighted by Gasteiger charge is -2.13. The largest absolute Gasteiger partial charge is 0.485 e. The number of nitrogens with one attached hydrogen (secondary N) is 1. The molecular weight excluding hydrogens is 266 g/mol. The highest BCUT2D eigenvalue weighted by molar-refractivity contribution is 5.29. The molecule has 2 aromatic rings. The van der Waals surface area contributed by atoms with Crippen molar-refractivity contribution in [2.75, 3.05) is 6.54 Å². The summed E-state index contributed by atoms with van der Waals surface area (Å²) in [6.07, 6.45) is 2.32. The number of nitrogens with zero attached hydrogens (tertiary/aromatic N) is 2. The molecule has 1 saturated carbocycles. The van der Waals surface area contributed by atoms with E-state index in [2.05, 4.69) is 41.4 Å². The molecule has 1 aromatic carbocycles. The average Bonchev–Trinajstić information content (AvgIpc) is 3.25. The molecule has 1 fully saturated rings. The van der Waals surface area contributed by atoms with Crippen LogP contribution in [0.4, 0.5) is 0 Å². The highest BCUT2D eigenvalue weighted by Crippen LogP contribution is 2.38. The van der Waals surface area contributed by atoms with Crippen molar-refractivity contribution in [2.45, 2.75) is 45.3 Å². The van der Waals surface area contributed by atoms with Crippen LogP contribution in [0.1, 0.15) is 55.9 Å². The quantitative estimate of drug-likeness (QED) is 0.847. The van der Waals surface area contributed by atoms with Gasteiger partial charge in [-0.1, -0.05) is 24.2 Å². The third kappa shape index (κ3) is 3.61. The van der Waals surface area contributed by atoms with Crippen molar-refractivity contribution in [3.8, 4) is 5.75 Å². The first kappa shape index (κ1) is 14.1. The molecule has 5 heteroatoms. The highest BCUT2D eigenvalue weighted by Gasteiger charge is 2.29. The second-order valence-electron chi connectivity index (χ2n) is 5.46. The smallest absolute Gasteiger partial charge is 0.229 e. The van der Waals surface area contributed by atoms with Gasteiger partial charge >= 0.3 is 0 Å². The first-order valence-corrected chi connectivity index (χ1v) is 7.55. The maximum absolute atomic E-state index is 5.69. The van der Waals surface area contributed by atoms with E-state index in [1.165, 1.54) is 5.56 Å². The molecule has 21 heavy (non-hydrogen) atoms. The van der Waals surface area contributed by atoms with E-state index in [0.29, 0.717) is 24.4 Å². The molecule has 3 rings (SSSR count). The topological polar surface area (TPSA) is 60.2 Å². The molecule has 1 unspecified atom stereocenters. The Balaban J connectivity index is 1.54. The van der Waals surface area contributed by atoms with Gasteiger partial charge < -0.3 is 14.6 Å². The Labute approximate surface area is 124 Å². The number of aromatic nitrogens is 2. The molecule has 0 aliphatic heterocycles. The predicted octanol–water partition coefficient (Wildman–Crippen LogP) is 3.20. The fourth-order valence-electron chi connectivity index (χ4n) is 2.25. The Kier molecular flexibility index (Phi) is 4.20. The number of hydrogen-bond donors (Lipinski definition) is 1. The van der Waals surface area contributed by atoms with Crippen LogP contribution in [0.2, 0.25) is 0 Å². The van der Waals surface area contributed by atoms with E-state index < -0.39 is 0 Å². The maximum Gasteiger partial charge on any atom is 0.229 e. The molecule has 1 aliphatic rings. The molecule has 0 spiro atoms. The van der Waals surface area contributed by atoms with Crippen LogP contribution in [0.5, 0.6) is 5.75 Å². The van der Waals surface area contributed by atoms with Gasteiger partial charge in [0.25, 0.3) is 0 Å². The van der Waals surface area contributed by atoms with Gasteiger partial charge in [-0.2, -0.15) is 4.98 Å². The Morgan fingerprint density at radius 2 is 2.10 bits per heavy atom. The monoisotopic (exact) mass is 287 g/mol. The number of rotatable bonds is 7. The summed E-state index contributed by atoms with van der Waals surface area (Å²) >= 11 is 0. The predicted molar refractivity (Wildman–Crippen MR) is 79.1 cm³/mol. The van der Waals surface area contributed by atoms with E-state index >= 15 is 0 Å². The maximum atomic E-state index is 5.69. The van der Waals surface area contributed by atoms with E-state index in [1.54, 1.807) is 0 Å². The molecule has 1 N–H and O–H groups in total. The summed E-state index contributed by atoms with van der Waals surface area (Å²) < 4.78 is 10.9.